The fourth-order valence-corrected chi connectivity index (χ4v) is 4.25. The number of phenols is 1. The Bertz CT molecular complexity index is 594. The number of phenolic OH excluding ortho intramolecular Hbond substituents is 1. The normalized spacial score (nSPS) is 22.4. The molecule has 1 aromatic rings. The molecule has 4 nitrogen and oxygen atoms in total. The summed E-state index contributed by atoms with van der Waals surface area (Å²) in [6.45, 7) is 5.05. The third kappa shape index (κ3) is 4.75. The van der Waals surface area contributed by atoms with E-state index in [1.165, 1.54) is 32.1 Å². The van der Waals surface area contributed by atoms with Crippen molar-refractivity contribution in [3.63, 3.8) is 0 Å². The molecule has 1 heterocycles. The van der Waals surface area contributed by atoms with Crippen LogP contribution in [0.5, 0.6) is 5.75 Å². The van der Waals surface area contributed by atoms with Crippen LogP contribution in [-0.4, -0.2) is 23.1 Å². The van der Waals surface area contributed by atoms with Crippen molar-refractivity contribution >= 4 is 5.91 Å². The van der Waals surface area contributed by atoms with Gasteiger partial charge in [0, 0.05) is 12.6 Å². The number of hydrogen-bond acceptors (Lipinski definition) is 3. The molecule has 2 atom stereocenters. The molecule has 1 aliphatic carbocycles. The number of hydrogen-bond donors (Lipinski definition) is 3. The Morgan fingerprint density at radius 3 is 2.72 bits per heavy atom. The van der Waals surface area contributed by atoms with E-state index in [9.17, 15) is 9.90 Å². The molecule has 138 valence electrons. The van der Waals surface area contributed by atoms with E-state index in [1.807, 2.05) is 6.07 Å². The van der Waals surface area contributed by atoms with Crippen LogP contribution >= 0.6 is 0 Å². The second kappa shape index (κ2) is 8.22. The summed E-state index contributed by atoms with van der Waals surface area (Å²) in [5.41, 5.74) is 2.25. The van der Waals surface area contributed by atoms with Gasteiger partial charge in [0.25, 0.3) is 0 Å². The lowest BCUT2D eigenvalue weighted by Crippen LogP contribution is -2.52. The van der Waals surface area contributed by atoms with E-state index in [0.29, 0.717) is 18.9 Å². The van der Waals surface area contributed by atoms with Gasteiger partial charge < -0.3 is 15.7 Å². The van der Waals surface area contributed by atoms with Gasteiger partial charge in [-0.15, -0.1) is 0 Å². The molecule has 1 amide bonds. The summed E-state index contributed by atoms with van der Waals surface area (Å²) in [5, 5.41) is 16.2. The molecule has 0 aromatic heterocycles. The minimum atomic E-state index is -0.176. The van der Waals surface area contributed by atoms with Gasteiger partial charge in [0.2, 0.25) is 5.91 Å². The van der Waals surface area contributed by atoms with Crippen LogP contribution in [0, 0.1) is 11.8 Å². The molecule has 1 saturated carbocycles. The van der Waals surface area contributed by atoms with Crippen molar-refractivity contribution in [1.29, 1.82) is 0 Å². The zero-order valence-corrected chi connectivity index (χ0v) is 15.6. The zero-order chi connectivity index (χ0) is 17.8. The molecule has 3 rings (SSSR count). The number of fused-ring (bicyclic) bond motifs is 1. The van der Waals surface area contributed by atoms with Gasteiger partial charge in [0.05, 0.1) is 6.04 Å². The Labute approximate surface area is 151 Å². The number of carbonyl (C=O) groups is 1. The molecular formula is C21H32N2O2. The van der Waals surface area contributed by atoms with Gasteiger partial charge in [0.15, 0.2) is 0 Å². The van der Waals surface area contributed by atoms with Crippen LogP contribution in [0.25, 0.3) is 0 Å². The van der Waals surface area contributed by atoms with E-state index in [4.69, 9.17) is 0 Å². The molecular weight excluding hydrogens is 312 g/mol. The van der Waals surface area contributed by atoms with E-state index in [2.05, 4.69) is 24.5 Å². The Hall–Kier alpha value is -1.55. The van der Waals surface area contributed by atoms with Gasteiger partial charge >= 0.3 is 0 Å². The molecule has 0 spiro atoms. The maximum atomic E-state index is 12.8. The third-order valence-electron chi connectivity index (χ3n) is 5.91. The Morgan fingerprint density at radius 2 is 2.00 bits per heavy atom. The molecule has 0 saturated heterocycles. The van der Waals surface area contributed by atoms with Gasteiger partial charge in [0.1, 0.15) is 5.75 Å². The maximum Gasteiger partial charge on any atom is 0.237 e. The van der Waals surface area contributed by atoms with Gasteiger partial charge in [-0.05, 0) is 47.9 Å². The van der Waals surface area contributed by atoms with Crippen molar-refractivity contribution in [3.05, 3.63) is 29.3 Å². The van der Waals surface area contributed by atoms with Crippen molar-refractivity contribution in [1.82, 2.24) is 10.6 Å². The summed E-state index contributed by atoms with van der Waals surface area (Å²) in [7, 11) is 0. The van der Waals surface area contributed by atoms with Gasteiger partial charge in [-0.3, -0.25) is 4.79 Å². The average molecular weight is 344 g/mol. The highest BCUT2D eigenvalue weighted by molar-refractivity contribution is 5.82. The number of nitrogens with one attached hydrogen (secondary N) is 2. The predicted octanol–water partition coefficient (Wildman–Crippen LogP) is 3.52. The molecule has 2 aliphatic rings. The molecule has 3 N–H and O–H groups in total. The lowest BCUT2D eigenvalue weighted by molar-refractivity contribution is -0.124. The molecule has 4 heteroatoms. The van der Waals surface area contributed by atoms with E-state index in [-0.39, 0.29) is 23.7 Å². The minimum Gasteiger partial charge on any atom is -0.508 e. The van der Waals surface area contributed by atoms with E-state index in [0.717, 1.165) is 23.5 Å². The van der Waals surface area contributed by atoms with Crippen molar-refractivity contribution < 1.29 is 9.90 Å². The van der Waals surface area contributed by atoms with Crippen LogP contribution in [0.4, 0.5) is 0 Å². The molecule has 1 aromatic carbocycles. The third-order valence-corrected chi connectivity index (χ3v) is 5.91. The average Bonchev–Trinajstić information content (AvgIpc) is 2.61. The number of aromatic hydroxyl groups is 1. The van der Waals surface area contributed by atoms with Crippen molar-refractivity contribution in [3.8, 4) is 5.75 Å². The zero-order valence-electron chi connectivity index (χ0n) is 15.6. The monoisotopic (exact) mass is 344 g/mol. The van der Waals surface area contributed by atoms with E-state index >= 15 is 0 Å². The van der Waals surface area contributed by atoms with E-state index in [1.54, 1.807) is 12.1 Å². The molecule has 25 heavy (non-hydrogen) atoms. The van der Waals surface area contributed by atoms with Crippen LogP contribution in [0.2, 0.25) is 0 Å². The Balaban J connectivity index is 1.58. The predicted molar refractivity (Wildman–Crippen MR) is 100 cm³/mol. The van der Waals surface area contributed by atoms with Crippen LogP contribution < -0.4 is 10.6 Å². The number of carbonyl (C=O) groups excluding carboxylic acids is 1. The van der Waals surface area contributed by atoms with Gasteiger partial charge in [-0.1, -0.05) is 52.0 Å². The number of rotatable bonds is 5. The van der Waals surface area contributed by atoms with E-state index < -0.39 is 0 Å². The summed E-state index contributed by atoms with van der Waals surface area (Å²) >= 11 is 0. The molecule has 1 aliphatic heterocycles. The first kappa shape index (κ1) is 18.2. The Kier molecular flexibility index (Phi) is 6.00. The first-order valence-corrected chi connectivity index (χ1v) is 9.87. The lowest BCUT2D eigenvalue weighted by atomic mass is 9.82. The molecule has 0 bridgehead atoms. The fraction of sp³-hybridized carbons (Fsp3) is 0.667. The summed E-state index contributed by atoms with van der Waals surface area (Å²) in [4.78, 5) is 12.8. The van der Waals surface area contributed by atoms with Crippen molar-refractivity contribution in [2.45, 2.75) is 77.4 Å². The Morgan fingerprint density at radius 1 is 1.24 bits per heavy atom. The van der Waals surface area contributed by atoms with Gasteiger partial charge in [-0.25, -0.2) is 0 Å². The van der Waals surface area contributed by atoms with Crippen molar-refractivity contribution in [2.24, 2.45) is 11.8 Å². The number of amides is 1. The van der Waals surface area contributed by atoms with Crippen LogP contribution in [0.15, 0.2) is 18.2 Å². The standard InChI is InChI=1S/C21H32N2O2/c1-14(2)19(10-15-6-4-3-5-7-15)23-21(25)20-12-16-8-9-18(24)11-17(16)13-22-20/h8-9,11,14-15,19-20,22,24H,3-7,10,12-13H2,1-2H3,(H,23,25)/t19-,20+/m1/s1. The lowest BCUT2D eigenvalue weighted by Gasteiger charge is -2.32. The quantitative estimate of drug-likeness (QED) is 0.766. The first-order valence-electron chi connectivity index (χ1n) is 9.87. The summed E-state index contributed by atoms with van der Waals surface area (Å²) < 4.78 is 0. The highest BCUT2D eigenvalue weighted by Gasteiger charge is 2.28. The van der Waals surface area contributed by atoms with Crippen LogP contribution in [0.3, 0.4) is 0 Å². The number of benzene rings is 1. The second-order valence-corrected chi connectivity index (χ2v) is 8.19. The van der Waals surface area contributed by atoms with Crippen LogP contribution in [-0.2, 0) is 17.8 Å². The molecule has 1 fully saturated rings. The topological polar surface area (TPSA) is 61.4 Å². The highest BCUT2D eigenvalue weighted by atomic mass is 16.3. The second-order valence-electron chi connectivity index (χ2n) is 8.19. The van der Waals surface area contributed by atoms with Crippen LogP contribution in [0.1, 0.15) is 63.5 Å². The minimum absolute atomic E-state index is 0.119. The summed E-state index contributed by atoms with van der Waals surface area (Å²) in [5.74, 6) is 1.63. The summed E-state index contributed by atoms with van der Waals surface area (Å²) in [6.07, 6.45) is 8.50. The fourth-order valence-electron chi connectivity index (χ4n) is 4.25. The largest absolute Gasteiger partial charge is 0.508 e. The maximum absolute atomic E-state index is 12.8. The summed E-state index contributed by atoms with van der Waals surface area (Å²) in [6, 6.07) is 5.52. The SMILES string of the molecule is CC(C)[C@@H](CC1CCCCC1)NC(=O)[C@@H]1Cc2ccc(O)cc2CN1. The highest BCUT2D eigenvalue weighted by Crippen LogP contribution is 2.29. The molecule has 0 radical (unpaired) electrons. The molecule has 0 unspecified atom stereocenters. The van der Waals surface area contributed by atoms with Gasteiger partial charge in [-0.2, -0.15) is 0 Å². The first-order chi connectivity index (χ1) is 12.0. The smallest absolute Gasteiger partial charge is 0.237 e. The van der Waals surface area contributed by atoms with Crippen molar-refractivity contribution in [2.75, 3.05) is 0 Å².